The molecule has 134 valence electrons. The van der Waals surface area contributed by atoms with Crippen molar-refractivity contribution in [1.82, 2.24) is 10.3 Å². The summed E-state index contributed by atoms with van der Waals surface area (Å²) in [6, 6.07) is 1.37. The average Bonchev–Trinajstić information content (AvgIpc) is 2.45. The van der Waals surface area contributed by atoms with Gasteiger partial charge in [0.15, 0.2) is 11.6 Å². The van der Waals surface area contributed by atoms with Crippen LogP contribution in [0.4, 0.5) is 15.0 Å². The molecular formula is C16H23BrFN3O3. The number of pyridine rings is 1. The van der Waals surface area contributed by atoms with Crippen LogP contribution >= 0.6 is 15.9 Å². The van der Waals surface area contributed by atoms with Crippen molar-refractivity contribution < 1.29 is 19.0 Å². The Kier molecular flexibility index (Phi) is 5.70. The lowest BCUT2D eigenvalue weighted by Crippen LogP contribution is -2.51. The molecule has 1 saturated heterocycles. The van der Waals surface area contributed by atoms with Crippen molar-refractivity contribution in [2.75, 3.05) is 24.5 Å². The number of nitrogens with zero attached hydrogens (tertiary/aromatic N) is 2. The molecule has 0 saturated carbocycles. The Labute approximate surface area is 149 Å². The molecule has 0 spiro atoms. The van der Waals surface area contributed by atoms with Gasteiger partial charge in [0.1, 0.15) is 5.60 Å². The number of carbonyl (C=O) groups is 1. The van der Waals surface area contributed by atoms with E-state index < -0.39 is 23.1 Å². The van der Waals surface area contributed by atoms with Gasteiger partial charge in [-0.2, -0.15) is 0 Å². The zero-order chi connectivity index (χ0) is 18.0. The summed E-state index contributed by atoms with van der Waals surface area (Å²) >= 11 is 3.18. The first kappa shape index (κ1) is 18.9. The molecule has 0 bridgehead atoms. The van der Waals surface area contributed by atoms with Gasteiger partial charge in [0, 0.05) is 30.3 Å². The first-order valence-corrected chi connectivity index (χ1v) is 8.63. The Morgan fingerprint density at radius 3 is 2.67 bits per heavy atom. The maximum absolute atomic E-state index is 14.0. The number of piperidine rings is 1. The minimum atomic E-state index is -1.03. The van der Waals surface area contributed by atoms with E-state index in [0.29, 0.717) is 30.4 Å². The predicted molar refractivity (Wildman–Crippen MR) is 92.5 cm³/mol. The zero-order valence-corrected chi connectivity index (χ0v) is 15.7. The van der Waals surface area contributed by atoms with Gasteiger partial charge in [0.25, 0.3) is 0 Å². The van der Waals surface area contributed by atoms with Crippen molar-refractivity contribution in [3.63, 3.8) is 0 Å². The summed E-state index contributed by atoms with van der Waals surface area (Å²) < 4.78 is 19.7. The summed E-state index contributed by atoms with van der Waals surface area (Å²) in [6.07, 6.45) is 1.79. The molecule has 24 heavy (non-hydrogen) atoms. The SMILES string of the molecule is CC(C)(C)OC(=O)NCC1(O)CCN(c2ncc(Br)cc2F)CC1. The molecule has 0 radical (unpaired) electrons. The van der Waals surface area contributed by atoms with Crippen molar-refractivity contribution >= 4 is 27.8 Å². The minimum Gasteiger partial charge on any atom is -0.444 e. The molecule has 6 nitrogen and oxygen atoms in total. The summed E-state index contributed by atoms with van der Waals surface area (Å²) in [5.41, 5.74) is -1.61. The summed E-state index contributed by atoms with van der Waals surface area (Å²) in [7, 11) is 0. The zero-order valence-electron chi connectivity index (χ0n) is 14.1. The second kappa shape index (κ2) is 7.23. The monoisotopic (exact) mass is 403 g/mol. The molecule has 2 N–H and O–H groups in total. The lowest BCUT2D eigenvalue weighted by molar-refractivity contribution is 0.00784. The van der Waals surface area contributed by atoms with Gasteiger partial charge in [0.05, 0.1) is 5.60 Å². The van der Waals surface area contributed by atoms with E-state index in [1.165, 1.54) is 6.07 Å². The molecule has 1 amide bonds. The highest BCUT2D eigenvalue weighted by Gasteiger charge is 2.34. The number of hydrogen-bond donors (Lipinski definition) is 2. The van der Waals surface area contributed by atoms with Crippen molar-refractivity contribution in [2.24, 2.45) is 0 Å². The standard InChI is InChI=1S/C16H23BrFN3O3/c1-15(2,3)24-14(22)20-10-16(23)4-6-21(7-5-16)13-12(18)8-11(17)9-19-13/h8-9,23H,4-7,10H2,1-3H3,(H,20,22). The molecule has 1 aromatic rings. The third-order valence-electron chi connectivity index (χ3n) is 3.74. The number of halogens is 2. The number of amides is 1. The number of rotatable bonds is 3. The van der Waals surface area contributed by atoms with Crippen molar-refractivity contribution in [2.45, 2.75) is 44.8 Å². The molecule has 1 aliphatic heterocycles. The van der Waals surface area contributed by atoms with Gasteiger partial charge in [-0.1, -0.05) is 0 Å². The highest BCUT2D eigenvalue weighted by atomic mass is 79.9. The fraction of sp³-hybridized carbons (Fsp3) is 0.625. The van der Waals surface area contributed by atoms with Gasteiger partial charge in [-0.25, -0.2) is 14.2 Å². The van der Waals surface area contributed by atoms with E-state index in [2.05, 4.69) is 26.2 Å². The van der Waals surface area contributed by atoms with Crippen LogP contribution < -0.4 is 10.2 Å². The smallest absolute Gasteiger partial charge is 0.407 e. The molecule has 1 fully saturated rings. The fourth-order valence-corrected chi connectivity index (χ4v) is 2.81. The Morgan fingerprint density at radius 1 is 1.50 bits per heavy atom. The molecule has 2 heterocycles. The molecule has 1 aromatic heterocycles. The van der Waals surface area contributed by atoms with Crippen molar-refractivity contribution in [3.8, 4) is 0 Å². The van der Waals surface area contributed by atoms with Crippen LogP contribution in [-0.4, -0.2) is 47.0 Å². The number of nitrogens with one attached hydrogen (secondary N) is 1. The average molecular weight is 404 g/mol. The lowest BCUT2D eigenvalue weighted by Gasteiger charge is -2.38. The van der Waals surface area contributed by atoms with Gasteiger partial charge >= 0.3 is 6.09 Å². The number of carbonyl (C=O) groups excluding carboxylic acids is 1. The summed E-state index contributed by atoms with van der Waals surface area (Å²) in [5, 5.41) is 13.2. The van der Waals surface area contributed by atoms with Crippen LogP contribution in [0.25, 0.3) is 0 Å². The first-order chi connectivity index (χ1) is 11.1. The van der Waals surface area contributed by atoms with Crippen LogP contribution in [0, 0.1) is 5.82 Å². The second-order valence-corrected chi connectivity index (χ2v) is 7.94. The first-order valence-electron chi connectivity index (χ1n) is 7.83. The summed E-state index contributed by atoms with van der Waals surface area (Å²) in [5.74, 6) is -0.123. The number of alkyl carbamates (subject to hydrolysis) is 1. The summed E-state index contributed by atoms with van der Waals surface area (Å²) in [4.78, 5) is 17.6. The van der Waals surface area contributed by atoms with Gasteiger partial charge in [0.2, 0.25) is 0 Å². The molecule has 8 heteroatoms. The van der Waals surface area contributed by atoms with Crippen molar-refractivity contribution in [1.29, 1.82) is 0 Å². The van der Waals surface area contributed by atoms with E-state index in [1.807, 2.05) is 0 Å². The van der Waals surface area contributed by atoms with Crippen LogP contribution in [0.2, 0.25) is 0 Å². The third kappa shape index (κ3) is 5.31. The second-order valence-electron chi connectivity index (χ2n) is 7.03. The van der Waals surface area contributed by atoms with E-state index in [4.69, 9.17) is 4.74 Å². The predicted octanol–water partition coefficient (Wildman–Crippen LogP) is 2.84. The van der Waals surface area contributed by atoms with Crippen molar-refractivity contribution in [3.05, 3.63) is 22.6 Å². The maximum Gasteiger partial charge on any atom is 0.407 e. The highest BCUT2D eigenvalue weighted by molar-refractivity contribution is 9.10. The Morgan fingerprint density at radius 2 is 2.12 bits per heavy atom. The lowest BCUT2D eigenvalue weighted by atomic mass is 9.91. The molecule has 1 aliphatic rings. The van der Waals surface area contributed by atoms with Gasteiger partial charge < -0.3 is 20.1 Å². The largest absolute Gasteiger partial charge is 0.444 e. The number of ether oxygens (including phenoxy) is 1. The molecular weight excluding hydrogens is 381 g/mol. The number of aliphatic hydroxyl groups is 1. The van der Waals surface area contributed by atoms with Crippen LogP contribution in [0.15, 0.2) is 16.7 Å². The van der Waals surface area contributed by atoms with Gasteiger partial charge in [-0.3, -0.25) is 0 Å². The molecule has 0 aliphatic carbocycles. The minimum absolute atomic E-state index is 0.103. The van der Waals surface area contributed by atoms with Crippen LogP contribution in [0.5, 0.6) is 0 Å². The van der Waals surface area contributed by atoms with Crippen LogP contribution in [-0.2, 0) is 4.74 Å². The molecule has 2 rings (SSSR count). The number of anilines is 1. The Hall–Kier alpha value is -1.41. The highest BCUT2D eigenvalue weighted by Crippen LogP contribution is 2.27. The van der Waals surface area contributed by atoms with Crippen LogP contribution in [0.1, 0.15) is 33.6 Å². The Balaban J connectivity index is 1.88. The molecule has 0 unspecified atom stereocenters. The maximum atomic E-state index is 14.0. The van der Waals surface area contributed by atoms with Crippen LogP contribution in [0.3, 0.4) is 0 Å². The quantitative estimate of drug-likeness (QED) is 0.811. The summed E-state index contributed by atoms with van der Waals surface area (Å²) in [6.45, 7) is 6.35. The number of aromatic nitrogens is 1. The van der Waals surface area contributed by atoms with E-state index >= 15 is 0 Å². The fourth-order valence-electron chi connectivity index (χ4n) is 2.50. The van der Waals surface area contributed by atoms with E-state index in [9.17, 15) is 14.3 Å². The normalized spacial score (nSPS) is 17.5. The molecule has 0 aromatic carbocycles. The van der Waals surface area contributed by atoms with E-state index in [-0.39, 0.29) is 12.4 Å². The van der Waals surface area contributed by atoms with E-state index in [0.717, 1.165) is 0 Å². The number of hydrogen-bond acceptors (Lipinski definition) is 5. The van der Waals surface area contributed by atoms with E-state index in [1.54, 1.807) is 31.9 Å². The topological polar surface area (TPSA) is 74.7 Å². The molecule has 0 atom stereocenters. The van der Waals surface area contributed by atoms with Gasteiger partial charge in [-0.15, -0.1) is 0 Å². The Bertz CT molecular complexity index is 599. The van der Waals surface area contributed by atoms with Gasteiger partial charge in [-0.05, 0) is 55.6 Å². The third-order valence-corrected chi connectivity index (χ3v) is 4.18.